The van der Waals surface area contributed by atoms with Gasteiger partial charge in [-0.2, -0.15) is 5.10 Å². The minimum absolute atomic E-state index is 0.00728. The zero-order valence-corrected chi connectivity index (χ0v) is 12.8. The van der Waals surface area contributed by atoms with E-state index in [1.165, 1.54) is 4.68 Å². The van der Waals surface area contributed by atoms with Crippen molar-refractivity contribution in [2.24, 2.45) is 0 Å². The highest BCUT2D eigenvalue weighted by Crippen LogP contribution is 2.34. The van der Waals surface area contributed by atoms with E-state index in [4.69, 9.17) is 16.3 Å². The third-order valence-corrected chi connectivity index (χ3v) is 3.29. The van der Waals surface area contributed by atoms with Crippen molar-refractivity contribution in [1.82, 2.24) is 9.78 Å². The van der Waals surface area contributed by atoms with Crippen LogP contribution in [0, 0.1) is 10.1 Å². The summed E-state index contributed by atoms with van der Waals surface area (Å²) < 4.78 is 6.74. The average Bonchev–Trinajstić information content (AvgIpc) is 2.78. The number of benzene rings is 1. The van der Waals surface area contributed by atoms with Crippen LogP contribution in [0.15, 0.2) is 24.3 Å². The van der Waals surface area contributed by atoms with Crippen LogP contribution in [0.3, 0.4) is 0 Å². The highest BCUT2D eigenvalue weighted by atomic mass is 35.5. The number of nitro groups is 1. The molecule has 2 rings (SSSR count). The second-order valence-electron chi connectivity index (χ2n) is 4.78. The monoisotopic (exact) mass is 309 g/mol. The van der Waals surface area contributed by atoms with Gasteiger partial charge in [-0.15, -0.1) is 0 Å². The van der Waals surface area contributed by atoms with Gasteiger partial charge in [-0.3, -0.25) is 10.1 Å². The SMILES string of the molecule is CCOc1ccc(-n2nc(C(C)C)c([N+](=O)[O-])c2Cl)cc1. The molecule has 6 nitrogen and oxygen atoms in total. The van der Waals surface area contributed by atoms with Crippen molar-refractivity contribution in [1.29, 1.82) is 0 Å². The topological polar surface area (TPSA) is 70.2 Å². The number of rotatable bonds is 5. The lowest BCUT2D eigenvalue weighted by molar-refractivity contribution is -0.385. The fourth-order valence-corrected chi connectivity index (χ4v) is 2.29. The Morgan fingerprint density at radius 2 is 2.00 bits per heavy atom. The average molecular weight is 310 g/mol. The Labute approximate surface area is 127 Å². The number of halogens is 1. The summed E-state index contributed by atoms with van der Waals surface area (Å²) in [6.07, 6.45) is 0. The molecule has 0 saturated carbocycles. The molecule has 0 aliphatic carbocycles. The maximum atomic E-state index is 11.2. The van der Waals surface area contributed by atoms with Crippen LogP contribution in [0.1, 0.15) is 32.4 Å². The van der Waals surface area contributed by atoms with Gasteiger partial charge in [0.2, 0.25) is 5.15 Å². The van der Waals surface area contributed by atoms with Gasteiger partial charge in [0.1, 0.15) is 11.4 Å². The van der Waals surface area contributed by atoms with Crippen molar-refractivity contribution < 1.29 is 9.66 Å². The number of nitrogens with zero attached hydrogens (tertiary/aromatic N) is 3. The third-order valence-electron chi connectivity index (χ3n) is 2.95. The van der Waals surface area contributed by atoms with Crippen LogP contribution in [0.5, 0.6) is 5.75 Å². The molecule has 0 bridgehead atoms. The van der Waals surface area contributed by atoms with Crippen LogP contribution in [0.4, 0.5) is 5.69 Å². The van der Waals surface area contributed by atoms with Gasteiger partial charge in [0.05, 0.1) is 17.2 Å². The first kappa shape index (κ1) is 15.3. The van der Waals surface area contributed by atoms with Gasteiger partial charge in [-0.05, 0) is 31.2 Å². The Kier molecular flexibility index (Phi) is 4.47. The molecular formula is C14H16ClN3O3. The molecule has 0 atom stereocenters. The summed E-state index contributed by atoms with van der Waals surface area (Å²) in [5.74, 6) is 0.634. The van der Waals surface area contributed by atoms with E-state index < -0.39 is 4.92 Å². The van der Waals surface area contributed by atoms with Gasteiger partial charge in [-0.1, -0.05) is 25.4 Å². The van der Waals surface area contributed by atoms with Crippen molar-refractivity contribution in [3.8, 4) is 11.4 Å². The molecule has 0 unspecified atom stereocenters. The Hall–Kier alpha value is -2.08. The van der Waals surface area contributed by atoms with E-state index in [0.29, 0.717) is 18.0 Å². The predicted octanol–water partition coefficient (Wildman–Crippen LogP) is 3.96. The van der Waals surface area contributed by atoms with Gasteiger partial charge >= 0.3 is 5.69 Å². The second-order valence-corrected chi connectivity index (χ2v) is 5.13. The first-order chi connectivity index (χ1) is 9.95. The fraction of sp³-hybridized carbons (Fsp3) is 0.357. The fourth-order valence-electron chi connectivity index (χ4n) is 1.98. The first-order valence-electron chi connectivity index (χ1n) is 6.61. The molecule has 0 spiro atoms. The lowest BCUT2D eigenvalue weighted by atomic mass is 10.1. The van der Waals surface area contributed by atoms with E-state index >= 15 is 0 Å². The Bertz CT molecular complexity index is 650. The van der Waals surface area contributed by atoms with Crippen molar-refractivity contribution in [2.45, 2.75) is 26.7 Å². The summed E-state index contributed by atoms with van der Waals surface area (Å²) in [6, 6.07) is 7.07. The summed E-state index contributed by atoms with van der Waals surface area (Å²) in [6.45, 7) is 6.16. The van der Waals surface area contributed by atoms with E-state index in [9.17, 15) is 10.1 Å². The molecule has 112 valence electrons. The van der Waals surface area contributed by atoms with Gasteiger partial charge in [0.25, 0.3) is 0 Å². The zero-order valence-electron chi connectivity index (χ0n) is 12.0. The lowest BCUT2D eigenvalue weighted by Gasteiger charge is -2.05. The standard InChI is InChI=1S/C14H16ClN3O3/c1-4-21-11-7-5-10(6-8-11)17-14(15)13(18(19)20)12(16-17)9(2)3/h5-9H,4H2,1-3H3. The number of ether oxygens (including phenoxy) is 1. The molecule has 21 heavy (non-hydrogen) atoms. The molecule has 1 aromatic heterocycles. The minimum Gasteiger partial charge on any atom is -0.494 e. The van der Waals surface area contributed by atoms with E-state index in [1.54, 1.807) is 24.3 Å². The summed E-state index contributed by atoms with van der Waals surface area (Å²) >= 11 is 6.13. The van der Waals surface area contributed by atoms with Gasteiger partial charge in [-0.25, -0.2) is 4.68 Å². The van der Waals surface area contributed by atoms with Crippen LogP contribution in [-0.2, 0) is 0 Å². The lowest BCUT2D eigenvalue weighted by Crippen LogP contribution is -1.99. The summed E-state index contributed by atoms with van der Waals surface area (Å²) in [7, 11) is 0. The Balaban J connectivity index is 2.49. The summed E-state index contributed by atoms with van der Waals surface area (Å²) in [5.41, 5.74) is 0.887. The van der Waals surface area contributed by atoms with E-state index in [2.05, 4.69) is 5.10 Å². The smallest absolute Gasteiger partial charge is 0.329 e. The molecule has 0 radical (unpaired) electrons. The van der Waals surface area contributed by atoms with Gasteiger partial charge < -0.3 is 4.74 Å². The van der Waals surface area contributed by atoms with Gasteiger partial charge in [0.15, 0.2) is 0 Å². The summed E-state index contributed by atoms with van der Waals surface area (Å²) in [5, 5.41) is 15.5. The van der Waals surface area contributed by atoms with E-state index in [1.807, 2.05) is 20.8 Å². The number of hydrogen-bond donors (Lipinski definition) is 0. The predicted molar refractivity (Wildman–Crippen MR) is 80.5 cm³/mol. The van der Waals surface area contributed by atoms with Crippen LogP contribution in [0.25, 0.3) is 5.69 Å². The van der Waals surface area contributed by atoms with Crippen LogP contribution < -0.4 is 4.74 Å². The molecule has 1 heterocycles. The zero-order chi connectivity index (χ0) is 15.6. The highest BCUT2D eigenvalue weighted by Gasteiger charge is 2.28. The normalized spacial score (nSPS) is 10.9. The van der Waals surface area contributed by atoms with Crippen molar-refractivity contribution >= 4 is 17.3 Å². The molecule has 0 saturated heterocycles. The first-order valence-corrected chi connectivity index (χ1v) is 6.99. The molecule has 0 fully saturated rings. The number of aromatic nitrogens is 2. The van der Waals surface area contributed by atoms with Gasteiger partial charge in [0, 0.05) is 5.92 Å². The Morgan fingerprint density at radius 1 is 1.38 bits per heavy atom. The largest absolute Gasteiger partial charge is 0.494 e. The third kappa shape index (κ3) is 3.00. The van der Waals surface area contributed by atoms with Crippen molar-refractivity contribution in [3.05, 3.63) is 45.2 Å². The molecule has 0 aliphatic heterocycles. The second kappa shape index (κ2) is 6.13. The van der Waals surface area contributed by atoms with Crippen LogP contribution in [-0.4, -0.2) is 21.3 Å². The minimum atomic E-state index is -0.490. The molecule has 7 heteroatoms. The summed E-state index contributed by atoms with van der Waals surface area (Å²) in [4.78, 5) is 10.7. The molecule has 2 aromatic rings. The maximum absolute atomic E-state index is 11.2. The molecular weight excluding hydrogens is 294 g/mol. The van der Waals surface area contributed by atoms with Crippen molar-refractivity contribution in [2.75, 3.05) is 6.61 Å². The van der Waals surface area contributed by atoms with E-state index in [-0.39, 0.29) is 16.8 Å². The van der Waals surface area contributed by atoms with Crippen molar-refractivity contribution in [3.63, 3.8) is 0 Å². The highest BCUT2D eigenvalue weighted by molar-refractivity contribution is 6.32. The van der Waals surface area contributed by atoms with Crippen LogP contribution >= 0.6 is 11.6 Å². The molecule has 1 aromatic carbocycles. The number of hydrogen-bond acceptors (Lipinski definition) is 4. The van der Waals surface area contributed by atoms with Crippen LogP contribution in [0.2, 0.25) is 5.15 Å². The Morgan fingerprint density at radius 3 is 2.43 bits per heavy atom. The molecule has 0 aliphatic rings. The van der Waals surface area contributed by atoms with E-state index in [0.717, 1.165) is 5.75 Å². The maximum Gasteiger partial charge on any atom is 0.329 e. The molecule has 0 N–H and O–H groups in total. The molecule has 0 amide bonds. The quantitative estimate of drug-likeness (QED) is 0.619.